The third kappa shape index (κ3) is 2.45. The Balaban J connectivity index is 4.41. The molecule has 68 valence electrons. The number of Topliss-reactive ketones (excluding diaryl/α,β-unsaturated/α-hetero) is 1. The summed E-state index contributed by atoms with van der Waals surface area (Å²) < 4.78 is 4.39. The molecule has 0 fully saturated rings. The van der Waals surface area contributed by atoms with E-state index in [0.29, 0.717) is 6.29 Å². The van der Waals surface area contributed by atoms with Crippen LogP contribution in [0.25, 0.3) is 0 Å². The zero-order valence-corrected chi connectivity index (χ0v) is 7.37. The highest BCUT2D eigenvalue weighted by atomic mass is 16.5. The van der Waals surface area contributed by atoms with Gasteiger partial charge in [-0.3, -0.25) is 9.59 Å². The van der Waals surface area contributed by atoms with Gasteiger partial charge in [0, 0.05) is 0 Å². The Kier molecular flexibility index (Phi) is 4.18. The van der Waals surface area contributed by atoms with E-state index in [1.165, 1.54) is 21.0 Å². The van der Waals surface area contributed by atoms with E-state index in [1.807, 2.05) is 0 Å². The van der Waals surface area contributed by atoms with Crippen LogP contribution < -0.4 is 0 Å². The Morgan fingerprint density at radius 2 is 1.92 bits per heavy atom. The second kappa shape index (κ2) is 4.64. The third-order valence-electron chi connectivity index (χ3n) is 1.73. The van der Waals surface area contributed by atoms with Crippen LogP contribution in [0.1, 0.15) is 13.8 Å². The maximum atomic E-state index is 10.9. The molecule has 0 aromatic rings. The molecule has 0 aliphatic carbocycles. The first-order valence-corrected chi connectivity index (χ1v) is 3.58. The standard InChI is InChI=1S/C8H12O4/c1-5(8(11)12-3)7(4-9)6(2)10/h4-5,7H,1-3H3. The van der Waals surface area contributed by atoms with Crippen LogP contribution in [-0.2, 0) is 19.1 Å². The molecule has 0 aliphatic heterocycles. The van der Waals surface area contributed by atoms with Gasteiger partial charge in [0.25, 0.3) is 0 Å². The maximum absolute atomic E-state index is 10.9. The summed E-state index contributed by atoms with van der Waals surface area (Å²) >= 11 is 0. The van der Waals surface area contributed by atoms with Gasteiger partial charge in [0.2, 0.25) is 0 Å². The Morgan fingerprint density at radius 3 is 2.17 bits per heavy atom. The monoisotopic (exact) mass is 172 g/mol. The molecule has 0 radical (unpaired) electrons. The molecule has 12 heavy (non-hydrogen) atoms. The predicted molar refractivity (Wildman–Crippen MR) is 41.4 cm³/mol. The first-order valence-electron chi connectivity index (χ1n) is 3.58. The van der Waals surface area contributed by atoms with Gasteiger partial charge in [0.05, 0.1) is 18.9 Å². The van der Waals surface area contributed by atoms with Crippen LogP contribution in [0.2, 0.25) is 0 Å². The molecule has 4 nitrogen and oxygen atoms in total. The average Bonchev–Trinajstić information content (AvgIpc) is 2.03. The van der Waals surface area contributed by atoms with Gasteiger partial charge in [-0.05, 0) is 6.92 Å². The van der Waals surface area contributed by atoms with E-state index in [-0.39, 0.29) is 5.78 Å². The zero-order valence-electron chi connectivity index (χ0n) is 7.37. The van der Waals surface area contributed by atoms with E-state index in [1.54, 1.807) is 0 Å². The molecule has 0 rings (SSSR count). The largest absolute Gasteiger partial charge is 0.469 e. The van der Waals surface area contributed by atoms with Gasteiger partial charge in [-0.2, -0.15) is 0 Å². The van der Waals surface area contributed by atoms with Crippen molar-refractivity contribution < 1.29 is 19.1 Å². The smallest absolute Gasteiger partial charge is 0.309 e. The quantitative estimate of drug-likeness (QED) is 0.345. The highest BCUT2D eigenvalue weighted by molar-refractivity contribution is 5.95. The number of hydrogen-bond donors (Lipinski definition) is 0. The Hall–Kier alpha value is -1.19. The second-order valence-corrected chi connectivity index (χ2v) is 2.58. The summed E-state index contributed by atoms with van der Waals surface area (Å²) in [5.41, 5.74) is 0. The van der Waals surface area contributed by atoms with E-state index in [9.17, 15) is 14.4 Å². The van der Waals surface area contributed by atoms with Crippen molar-refractivity contribution in [3.63, 3.8) is 0 Å². The molecule has 2 unspecified atom stereocenters. The van der Waals surface area contributed by atoms with Crippen molar-refractivity contribution in [1.29, 1.82) is 0 Å². The number of hydrogen-bond acceptors (Lipinski definition) is 4. The summed E-state index contributed by atoms with van der Waals surface area (Å²) in [5.74, 6) is -2.42. The van der Waals surface area contributed by atoms with E-state index in [2.05, 4.69) is 4.74 Å². The summed E-state index contributed by atoms with van der Waals surface area (Å²) in [6.45, 7) is 2.77. The lowest BCUT2D eigenvalue weighted by atomic mass is 9.92. The number of ketones is 1. The molecule has 0 amide bonds. The van der Waals surface area contributed by atoms with Crippen LogP contribution in [0, 0.1) is 11.8 Å². The number of ether oxygens (including phenoxy) is 1. The zero-order chi connectivity index (χ0) is 9.72. The van der Waals surface area contributed by atoms with Gasteiger partial charge < -0.3 is 9.53 Å². The summed E-state index contributed by atoms with van der Waals surface area (Å²) in [6, 6.07) is 0. The van der Waals surface area contributed by atoms with Crippen LogP contribution in [0.5, 0.6) is 0 Å². The number of esters is 1. The fourth-order valence-corrected chi connectivity index (χ4v) is 0.898. The molecule has 0 saturated heterocycles. The highest BCUT2D eigenvalue weighted by Gasteiger charge is 2.27. The molecule has 0 aromatic carbocycles. The molecular weight excluding hydrogens is 160 g/mol. The van der Waals surface area contributed by atoms with Crippen molar-refractivity contribution in [3.8, 4) is 0 Å². The molecule has 0 bridgehead atoms. The minimum atomic E-state index is -0.877. The van der Waals surface area contributed by atoms with Gasteiger partial charge in [-0.25, -0.2) is 0 Å². The first-order chi connectivity index (χ1) is 5.54. The number of aldehydes is 1. The lowest BCUT2D eigenvalue weighted by Crippen LogP contribution is -2.28. The molecule has 0 saturated carbocycles. The molecule has 0 heterocycles. The molecule has 0 N–H and O–H groups in total. The van der Waals surface area contributed by atoms with Crippen molar-refractivity contribution in [2.24, 2.45) is 11.8 Å². The van der Waals surface area contributed by atoms with Gasteiger partial charge in [-0.1, -0.05) is 6.92 Å². The molecule has 0 aliphatic rings. The summed E-state index contributed by atoms with van der Waals surface area (Å²) in [5, 5.41) is 0. The van der Waals surface area contributed by atoms with Gasteiger partial charge in [-0.15, -0.1) is 0 Å². The summed E-state index contributed by atoms with van der Waals surface area (Å²) in [6.07, 6.45) is 0.476. The van der Waals surface area contributed by atoms with E-state index < -0.39 is 17.8 Å². The minimum Gasteiger partial charge on any atom is -0.469 e. The van der Waals surface area contributed by atoms with Crippen molar-refractivity contribution in [2.45, 2.75) is 13.8 Å². The van der Waals surface area contributed by atoms with Crippen LogP contribution in [0.15, 0.2) is 0 Å². The molecule has 2 atom stereocenters. The fourth-order valence-electron chi connectivity index (χ4n) is 0.898. The number of methoxy groups -OCH3 is 1. The minimum absolute atomic E-state index is 0.317. The van der Waals surface area contributed by atoms with Gasteiger partial charge in [0.1, 0.15) is 12.1 Å². The first kappa shape index (κ1) is 10.8. The number of carbonyl (C=O) groups is 3. The van der Waals surface area contributed by atoms with Crippen molar-refractivity contribution in [3.05, 3.63) is 0 Å². The Bertz CT molecular complexity index is 197. The predicted octanol–water partition coefficient (Wildman–Crippen LogP) is 0.200. The van der Waals surface area contributed by atoms with E-state index >= 15 is 0 Å². The van der Waals surface area contributed by atoms with Crippen LogP contribution in [-0.4, -0.2) is 25.1 Å². The molecule has 0 spiro atoms. The van der Waals surface area contributed by atoms with E-state index in [0.717, 1.165) is 0 Å². The second-order valence-electron chi connectivity index (χ2n) is 2.58. The van der Waals surface area contributed by atoms with Crippen molar-refractivity contribution >= 4 is 18.0 Å². The normalized spacial score (nSPS) is 14.6. The Morgan fingerprint density at radius 1 is 1.42 bits per heavy atom. The average molecular weight is 172 g/mol. The molecule has 4 heteroatoms. The third-order valence-corrected chi connectivity index (χ3v) is 1.73. The number of rotatable bonds is 4. The van der Waals surface area contributed by atoms with Crippen LogP contribution in [0.4, 0.5) is 0 Å². The number of carbonyl (C=O) groups excluding carboxylic acids is 3. The lowest BCUT2D eigenvalue weighted by molar-refractivity contribution is -0.150. The Labute approximate surface area is 70.9 Å². The van der Waals surface area contributed by atoms with Gasteiger partial charge in [0.15, 0.2) is 0 Å². The van der Waals surface area contributed by atoms with Crippen molar-refractivity contribution in [2.75, 3.05) is 7.11 Å². The molecule has 0 aromatic heterocycles. The summed E-state index contributed by atoms with van der Waals surface area (Å²) in [7, 11) is 1.22. The fraction of sp³-hybridized carbons (Fsp3) is 0.625. The highest BCUT2D eigenvalue weighted by Crippen LogP contribution is 2.11. The van der Waals surface area contributed by atoms with E-state index in [4.69, 9.17) is 0 Å². The maximum Gasteiger partial charge on any atom is 0.309 e. The van der Waals surface area contributed by atoms with Crippen LogP contribution >= 0.6 is 0 Å². The summed E-state index contributed by atoms with van der Waals surface area (Å²) in [4.78, 5) is 32.1. The van der Waals surface area contributed by atoms with Crippen LogP contribution in [0.3, 0.4) is 0 Å². The van der Waals surface area contributed by atoms with Gasteiger partial charge >= 0.3 is 5.97 Å². The topological polar surface area (TPSA) is 60.4 Å². The SMILES string of the molecule is COC(=O)C(C)C(C=O)C(C)=O. The lowest BCUT2D eigenvalue weighted by Gasteiger charge is -2.12. The molecular formula is C8H12O4. The van der Waals surface area contributed by atoms with Crippen molar-refractivity contribution in [1.82, 2.24) is 0 Å².